The molecule has 0 saturated carbocycles. The van der Waals surface area contributed by atoms with Crippen LogP contribution in [-0.4, -0.2) is 56.1 Å². The van der Waals surface area contributed by atoms with E-state index >= 15 is 4.39 Å². The van der Waals surface area contributed by atoms with Crippen LogP contribution in [0.1, 0.15) is 18.1 Å². The quantitative estimate of drug-likeness (QED) is 0.724. The average molecular weight is 423 g/mol. The molecule has 2 aliphatic rings. The molecule has 2 aromatic carbocycles. The van der Waals surface area contributed by atoms with Gasteiger partial charge in [-0.05, 0) is 23.3 Å². The Labute approximate surface area is 181 Å². The Hall–Kier alpha value is -3.19. The number of nitrogens with zero attached hydrogens (tertiary/aromatic N) is 2. The number of nitrogens with one attached hydrogen (secondary N) is 1. The van der Waals surface area contributed by atoms with Gasteiger partial charge in [0.25, 0.3) is 0 Å². The van der Waals surface area contributed by atoms with E-state index in [9.17, 15) is 9.59 Å². The molecule has 31 heavy (non-hydrogen) atoms. The van der Waals surface area contributed by atoms with E-state index in [1.807, 2.05) is 23.1 Å². The summed E-state index contributed by atoms with van der Waals surface area (Å²) in [6.45, 7) is 5.81. The Kier molecular flexibility index (Phi) is 6.32. The first kappa shape index (κ1) is 21.1. The van der Waals surface area contributed by atoms with Gasteiger partial charge in [-0.1, -0.05) is 36.4 Å². The maximum atomic E-state index is 15.0. The lowest BCUT2D eigenvalue weighted by Crippen LogP contribution is -2.46. The van der Waals surface area contributed by atoms with Crippen LogP contribution >= 0.6 is 0 Å². The summed E-state index contributed by atoms with van der Waals surface area (Å²) in [5.41, 5.74) is 3.29. The Bertz CT molecular complexity index is 998. The molecule has 1 fully saturated rings. The first-order chi connectivity index (χ1) is 15.0. The smallest absolute Gasteiger partial charge is 0.339 e. The summed E-state index contributed by atoms with van der Waals surface area (Å²) < 4.78 is 20.1. The third-order valence-electron chi connectivity index (χ3n) is 5.68. The van der Waals surface area contributed by atoms with Gasteiger partial charge in [-0.2, -0.15) is 0 Å². The van der Waals surface area contributed by atoms with Crippen molar-refractivity contribution in [2.75, 3.05) is 44.2 Å². The van der Waals surface area contributed by atoms with Crippen molar-refractivity contribution < 1.29 is 18.7 Å². The van der Waals surface area contributed by atoms with Gasteiger partial charge < -0.3 is 15.0 Å². The van der Waals surface area contributed by atoms with Crippen LogP contribution < -0.4 is 10.2 Å². The molecule has 0 radical (unpaired) electrons. The summed E-state index contributed by atoms with van der Waals surface area (Å²) in [6.07, 6.45) is 0. The van der Waals surface area contributed by atoms with E-state index in [-0.39, 0.29) is 24.9 Å². The number of piperazine rings is 1. The first-order valence-corrected chi connectivity index (χ1v) is 10.5. The van der Waals surface area contributed by atoms with E-state index in [1.165, 1.54) is 18.6 Å². The zero-order valence-electron chi connectivity index (χ0n) is 17.6. The highest BCUT2D eigenvalue weighted by atomic mass is 19.1. The highest BCUT2D eigenvalue weighted by Gasteiger charge is 2.27. The summed E-state index contributed by atoms with van der Waals surface area (Å²) in [7, 11) is 0. The summed E-state index contributed by atoms with van der Waals surface area (Å²) in [4.78, 5) is 27.8. The molecule has 4 rings (SSSR count). The van der Waals surface area contributed by atoms with Crippen molar-refractivity contribution in [2.24, 2.45) is 0 Å². The average Bonchev–Trinajstić information content (AvgIpc) is 3.14. The molecule has 0 atom stereocenters. The van der Waals surface area contributed by atoms with Crippen molar-refractivity contribution in [2.45, 2.75) is 13.5 Å². The predicted molar refractivity (Wildman–Crippen MR) is 117 cm³/mol. The van der Waals surface area contributed by atoms with Crippen molar-refractivity contribution in [3.63, 3.8) is 0 Å². The Morgan fingerprint density at radius 2 is 1.84 bits per heavy atom. The fourth-order valence-electron chi connectivity index (χ4n) is 4.04. The number of ether oxygens (including phenoxy) is 1. The number of hydrogen-bond donors (Lipinski definition) is 1. The number of carbonyl (C=O) groups excluding carboxylic acids is 2. The van der Waals surface area contributed by atoms with Crippen LogP contribution in [0.25, 0.3) is 5.57 Å². The Balaban J connectivity index is 1.44. The zero-order valence-corrected chi connectivity index (χ0v) is 17.6. The number of hydrogen-bond acceptors (Lipinski definition) is 5. The highest BCUT2D eigenvalue weighted by Crippen LogP contribution is 2.30. The molecule has 7 heteroatoms. The second-order valence-electron chi connectivity index (χ2n) is 7.88. The largest absolute Gasteiger partial charge is 0.457 e. The molecule has 0 unspecified atom stereocenters. The third-order valence-corrected chi connectivity index (χ3v) is 5.68. The maximum Gasteiger partial charge on any atom is 0.339 e. The van der Waals surface area contributed by atoms with Gasteiger partial charge in [0.05, 0.1) is 11.3 Å². The van der Waals surface area contributed by atoms with Crippen molar-refractivity contribution in [1.29, 1.82) is 0 Å². The molecular formula is C24H26FN3O3. The van der Waals surface area contributed by atoms with Crippen LogP contribution in [0.4, 0.5) is 10.1 Å². The number of benzene rings is 2. The molecule has 6 nitrogen and oxygen atoms in total. The second-order valence-corrected chi connectivity index (χ2v) is 7.88. The Morgan fingerprint density at radius 1 is 1.10 bits per heavy atom. The number of esters is 1. The number of carbonyl (C=O) groups is 2. The van der Waals surface area contributed by atoms with Crippen LogP contribution in [0.5, 0.6) is 0 Å². The molecule has 2 aromatic rings. The van der Waals surface area contributed by atoms with Crippen LogP contribution in [0.3, 0.4) is 0 Å². The first-order valence-electron chi connectivity index (χ1n) is 10.5. The van der Waals surface area contributed by atoms with Crippen LogP contribution in [0.15, 0.2) is 54.1 Å². The van der Waals surface area contributed by atoms with E-state index in [1.54, 1.807) is 12.1 Å². The lowest BCUT2D eigenvalue weighted by atomic mass is 10.0. The van der Waals surface area contributed by atoms with Gasteiger partial charge in [-0.15, -0.1) is 0 Å². The van der Waals surface area contributed by atoms with E-state index in [4.69, 9.17) is 4.74 Å². The molecule has 2 aliphatic heterocycles. The van der Waals surface area contributed by atoms with Gasteiger partial charge in [0.2, 0.25) is 5.91 Å². The van der Waals surface area contributed by atoms with E-state index in [2.05, 4.69) is 22.3 Å². The molecule has 0 spiro atoms. The minimum Gasteiger partial charge on any atom is -0.457 e. The van der Waals surface area contributed by atoms with E-state index in [0.29, 0.717) is 22.4 Å². The van der Waals surface area contributed by atoms with Gasteiger partial charge in [-0.3, -0.25) is 9.69 Å². The minimum atomic E-state index is -0.484. The normalized spacial score (nSPS) is 17.1. The van der Waals surface area contributed by atoms with Crippen molar-refractivity contribution in [1.82, 2.24) is 10.2 Å². The van der Waals surface area contributed by atoms with Crippen LogP contribution in [0, 0.1) is 5.82 Å². The SMILES string of the molecule is CC(=O)NCC1=C(c2ccc(N3CCN(Cc4ccccc4)CC3)c(F)c2)C(=O)OC1. The number of anilines is 1. The summed E-state index contributed by atoms with van der Waals surface area (Å²) in [5, 5.41) is 2.67. The van der Waals surface area contributed by atoms with Gasteiger partial charge in [0.15, 0.2) is 0 Å². The Morgan fingerprint density at radius 3 is 2.52 bits per heavy atom. The lowest BCUT2D eigenvalue weighted by Gasteiger charge is -2.36. The molecule has 0 aliphatic carbocycles. The molecule has 0 aromatic heterocycles. The second kappa shape index (κ2) is 9.31. The molecule has 0 bridgehead atoms. The standard InChI is InChI=1S/C24H26FN3O3/c1-17(29)26-14-20-16-31-24(30)23(20)19-7-8-22(21(25)13-19)28-11-9-27(10-12-28)15-18-5-3-2-4-6-18/h2-8,13H,9-12,14-16H2,1H3,(H,26,29). The maximum absolute atomic E-state index is 15.0. The van der Waals surface area contributed by atoms with Crippen LogP contribution in [-0.2, 0) is 20.9 Å². The van der Waals surface area contributed by atoms with Crippen molar-refractivity contribution in [3.8, 4) is 0 Å². The summed E-state index contributed by atoms with van der Waals surface area (Å²) >= 11 is 0. The van der Waals surface area contributed by atoms with Gasteiger partial charge in [0.1, 0.15) is 12.4 Å². The zero-order chi connectivity index (χ0) is 21.8. The van der Waals surface area contributed by atoms with Gasteiger partial charge in [-0.25, -0.2) is 9.18 Å². The van der Waals surface area contributed by atoms with E-state index in [0.717, 1.165) is 32.7 Å². The van der Waals surface area contributed by atoms with Crippen LogP contribution in [0.2, 0.25) is 0 Å². The highest BCUT2D eigenvalue weighted by molar-refractivity contribution is 6.19. The van der Waals surface area contributed by atoms with Gasteiger partial charge >= 0.3 is 5.97 Å². The molecule has 2 heterocycles. The van der Waals surface area contributed by atoms with Gasteiger partial charge in [0, 0.05) is 51.8 Å². The monoisotopic (exact) mass is 423 g/mol. The third kappa shape index (κ3) is 4.94. The number of amides is 1. The summed E-state index contributed by atoms with van der Waals surface area (Å²) in [6, 6.07) is 15.2. The predicted octanol–water partition coefficient (Wildman–Crippen LogP) is 2.59. The number of rotatable bonds is 6. The van der Waals surface area contributed by atoms with E-state index < -0.39 is 5.97 Å². The molecular weight excluding hydrogens is 397 g/mol. The molecule has 1 N–H and O–H groups in total. The van der Waals surface area contributed by atoms with Crippen molar-refractivity contribution in [3.05, 3.63) is 71.0 Å². The fourth-order valence-corrected chi connectivity index (χ4v) is 4.04. The molecule has 1 amide bonds. The number of halogens is 1. The molecule has 1 saturated heterocycles. The number of cyclic esters (lactones) is 1. The van der Waals surface area contributed by atoms with Crippen molar-refractivity contribution >= 4 is 23.1 Å². The summed E-state index contributed by atoms with van der Waals surface area (Å²) in [5.74, 6) is -1.04. The fraction of sp³-hybridized carbons (Fsp3) is 0.333. The topological polar surface area (TPSA) is 61.9 Å². The lowest BCUT2D eigenvalue weighted by molar-refractivity contribution is -0.134. The minimum absolute atomic E-state index is 0.112. The molecule has 162 valence electrons.